The van der Waals surface area contributed by atoms with E-state index < -0.39 is 10.0 Å². The van der Waals surface area contributed by atoms with Crippen LogP contribution in [0.2, 0.25) is 0 Å². The molecule has 1 aromatic rings. The van der Waals surface area contributed by atoms with Crippen LogP contribution in [-0.2, 0) is 14.8 Å². The van der Waals surface area contributed by atoms with Gasteiger partial charge in [-0.3, -0.25) is 0 Å². The first-order chi connectivity index (χ1) is 9.49. The van der Waals surface area contributed by atoms with Gasteiger partial charge in [-0.15, -0.1) is 0 Å². The molecule has 0 aromatic heterocycles. The van der Waals surface area contributed by atoms with Crippen molar-refractivity contribution in [2.45, 2.75) is 24.3 Å². The average Bonchev–Trinajstić information content (AvgIpc) is 2.39. The highest BCUT2D eigenvalue weighted by molar-refractivity contribution is 7.89. The van der Waals surface area contributed by atoms with Crippen molar-refractivity contribution in [2.75, 3.05) is 26.9 Å². The zero-order chi connectivity index (χ0) is 15.0. The third-order valence-electron chi connectivity index (χ3n) is 2.52. The maximum absolute atomic E-state index is 12.1. The highest BCUT2D eigenvalue weighted by Gasteiger charge is 2.17. The molecule has 1 atom stereocenters. The predicted octanol–water partition coefficient (Wildman–Crippen LogP) is 0.727. The molecule has 1 aromatic carbocycles. The van der Waals surface area contributed by atoms with Crippen LogP contribution in [-0.4, -0.2) is 41.3 Å². The number of methoxy groups -OCH3 is 1. The van der Waals surface area contributed by atoms with Gasteiger partial charge in [0.1, 0.15) is 5.75 Å². The number of nitrogens with two attached hydrogens (primary N) is 1. The fourth-order valence-corrected chi connectivity index (χ4v) is 2.83. The zero-order valence-electron chi connectivity index (χ0n) is 11.8. The van der Waals surface area contributed by atoms with E-state index in [1.54, 1.807) is 19.1 Å². The smallest absolute Gasteiger partial charge is 0.240 e. The summed E-state index contributed by atoms with van der Waals surface area (Å²) in [6, 6.07) is 6.00. The van der Waals surface area contributed by atoms with Crippen molar-refractivity contribution in [3.05, 3.63) is 24.3 Å². The number of nitrogens with one attached hydrogen (secondary N) is 1. The van der Waals surface area contributed by atoms with Crippen LogP contribution in [0.4, 0.5) is 0 Å². The van der Waals surface area contributed by atoms with Gasteiger partial charge in [-0.1, -0.05) is 0 Å². The highest BCUT2D eigenvalue weighted by Crippen LogP contribution is 2.16. The Balaban J connectivity index is 2.66. The SMILES string of the molecule is COCC(C)NS(=O)(=O)c1ccc(OCCCN)cc1. The van der Waals surface area contributed by atoms with E-state index in [0.29, 0.717) is 25.5 Å². The first-order valence-corrected chi connectivity index (χ1v) is 7.92. The van der Waals surface area contributed by atoms with Crippen LogP contribution in [0.5, 0.6) is 5.75 Å². The van der Waals surface area contributed by atoms with Gasteiger partial charge in [0.2, 0.25) is 10.0 Å². The average molecular weight is 302 g/mol. The molecule has 3 N–H and O–H groups in total. The summed E-state index contributed by atoms with van der Waals surface area (Å²) in [5.74, 6) is 0.627. The van der Waals surface area contributed by atoms with Gasteiger partial charge in [0.25, 0.3) is 0 Å². The summed E-state index contributed by atoms with van der Waals surface area (Å²) in [5.41, 5.74) is 5.37. The monoisotopic (exact) mass is 302 g/mol. The molecule has 0 aliphatic carbocycles. The van der Waals surface area contributed by atoms with Gasteiger partial charge in [0.05, 0.1) is 18.1 Å². The molecule has 0 saturated carbocycles. The van der Waals surface area contributed by atoms with Gasteiger partial charge in [-0.25, -0.2) is 13.1 Å². The number of hydrogen-bond acceptors (Lipinski definition) is 5. The number of hydrogen-bond donors (Lipinski definition) is 2. The Bertz CT molecular complexity index is 488. The van der Waals surface area contributed by atoms with Crippen LogP contribution in [0, 0.1) is 0 Å². The van der Waals surface area contributed by atoms with Crippen molar-refractivity contribution in [1.29, 1.82) is 0 Å². The minimum atomic E-state index is -3.53. The summed E-state index contributed by atoms with van der Waals surface area (Å²) in [4.78, 5) is 0.201. The van der Waals surface area contributed by atoms with E-state index in [4.69, 9.17) is 15.2 Å². The molecule has 0 aliphatic rings. The second-order valence-electron chi connectivity index (χ2n) is 4.44. The summed E-state index contributed by atoms with van der Waals surface area (Å²) in [6.07, 6.45) is 0.760. The van der Waals surface area contributed by atoms with Crippen molar-refractivity contribution in [1.82, 2.24) is 4.72 Å². The van der Waals surface area contributed by atoms with Gasteiger partial charge in [-0.05, 0) is 44.2 Å². The van der Waals surface area contributed by atoms with Crippen LogP contribution in [0.25, 0.3) is 0 Å². The van der Waals surface area contributed by atoms with Gasteiger partial charge in [0, 0.05) is 13.2 Å². The zero-order valence-corrected chi connectivity index (χ0v) is 12.7. The largest absolute Gasteiger partial charge is 0.494 e. The molecular formula is C13H22N2O4S. The predicted molar refractivity (Wildman–Crippen MR) is 77.3 cm³/mol. The van der Waals surface area contributed by atoms with Gasteiger partial charge >= 0.3 is 0 Å². The van der Waals surface area contributed by atoms with Crippen LogP contribution in [0.1, 0.15) is 13.3 Å². The van der Waals surface area contributed by atoms with E-state index in [1.165, 1.54) is 19.2 Å². The van der Waals surface area contributed by atoms with E-state index in [0.717, 1.165) is 6.42 Å². The number of sulfonamides is 1. The maximum Gasteiger partial charge on any atom is 0.240 e. The Labute approximate surface area is 120 Å². The topological polar surface area (TPSA) is 90.6 Å². The summed E-state index contributed by atoms with van der Waals surface area (Å²) < 4.78 is 37.0. The number of benzene rings is 1. The second-order valence-corrected chi connectivity index (χ2v) is 6.15. The molecule has 1 rings (SSSR count). The van der Waals surface area contributed by atoms with Crippen molar-refractivity contribution < 1.29 is 17.9 Å². The lowest BCUT2D eigenvalue weighted by molar-refractivity contribution is 0.180. The molecular weight excluding hydrogens is 280 g/mol. The molecule has 0 spiro atoms. The Morgan fingerprint density at radius 1 is 1.30 bits per heavy atom. The van der Waals surface area contributed by atoms with Gasteiger partial charge in [-0.2, -0.15) is 0 Å². The molecule has 0 fully saturated rings. The number of rotatable bonds is 9. The van der Waals surface area contributed by atoms with E-state index in [9.17, 15) is 8.42 Å². The summed E-state index contributed by atoms with van der Waals surface area (Å²) in [7, 11) is -2.00. The van der Waals surface area contributed by atoms with Gasteiger partial charge < -0.3 is 15.2 Å². The molecule has 7 heteroatoms. The normalized spacial score (nSPS) is 13.2. The fourth-order valence-electron chi connectivity index (χ4n) is 1.61. The first-order valence-electron chi connectivity index (χ1n) is 6.44. The van der Waals surface area contributed by atoms with E-state index in [2.05, 4.69) is 4.72 Å². The van der Waals surface area contributed by atoms with E-state index >= 15 is 0 Å². The van der Waals surface area contributed by atoms with E-state index in [-0.39, 0.29) is 10.9 Å². The van der Waals surface area contributed by atoms with Gasteiger partial charge in [0.15, 0.2) is 0 Å². The molecule has 0 saturated heterocycles. The minimum absolute atomic E-state index is 0.201. The molecule has 20 heavy (non-hydrogen) atoms. The molecule has 114 valence electrons. The fraction of sp³-hybridized carbons (Fsp3) is 0.538. The lowest BCUT2D eigenvalue weighted by Gasteiger charge is -2.13. The Kier molecular flexibility index (Phi) is 6.94. The first kappa shape index (κ1) is 16.9. The lowest BCUT2D eigenvalue weighted by atomic mass is 10.3. The van der Waals surface area contributed by atoms with Crippen molar-refractivity contribution in [3.8, 4) is 5.75 Å². The third-order valence-corrected chi connectivity index (χ3v) is 4.13. The molecule has 1 unspecified atom stereocenters. The number of ether oxygens (including phenoxy) is 2. The molecule has 6 nitrogen and oxygen atoms in total. The molecule has 0 heterocycles. The summed E-state index contributed by atoms with van der Waals surface area (Å²) in [5, 5.41) is 0. The van der Waals surface area contributed by atoms with Crippen LogP contribution < -0.4 is 15.2 Å². The van der Waals surface area contributed by atoms with Crippen molar-refractivity contribution >= 4 is 10.0 Å². The summed E-state index contributed by atoms with van der Waals surface area (Å²) in [6.45, 7) is 3.14. The molecule has 0 amide bonds. The highest BCUT2D eigenvalue weighted by atomic mass is 32.2. The summed E-state index contributed by atoms with van der Waals surface area (Å²) >= 11 is 0. The Morgan fingerprint density at radius 2 is 1.95 bits per heavy atom. The minimum Gasteiger partial charge on any atom is -0.494 e. The van der Waals surface area contributed by atoms with Crippen molar-refractivity contribution in [3.63, 3.8) is 0 Å². The lowest BCUT2D eigenvalue weighted by Crippen LogP contribution is -2.35. The molecule has 0 bridgehead atoms. The van der Waals surface area contributed by atoms with Crippen LogP contribution in [0.3, 0.4) is 0 Å². The standard InChI is InChI=1S/C13H22N2O4S/c1-11(10-18-2)15-20(16,17)13-6-4-12(5-7-13)19-9-3-8-14/h4-7,11,15H,3,8-10,14H2,1-2H3. The Morgan fingerprint density at radius 3 is 2.50 bits per heavy atom. The quantitative estimate of drug-likeness (QED) is 0.656. The van der Waals surface area contributed by atoms with Crippen molar-refractivity contribution in [2.24, 2.45) is 5.73 Å². The van der Waals surface area contributed by atoms with Crippen LogP contribution >= 0.6 is 0 Å². The Hall–Kier alpha value is -1.15. The van der Waals surface area contributed by atoms with E-state index in [1.807, 2.05) is 0 Å². The molecule has 0 radical (unpaired) electrons. The maximum atomic E-state index is 12.1. The third kappa shape index (κ3) is 5.46. The second kappa shape index (κ2) is 8.21. The van der Waals surface area contributed by atoms with Crippen LogP contribution in [0.15, 0.2) is 29.2 Å². The molecule has 0 aliphatic heterocycles.